The quantitative estimate of drug-likeness (QED) is 0.538. The third-order valence-corrected chi connectivity index (χ3v) is 4.16. The number of hydrogen-bond donors (Lipinski definition) is 0. The van der Waals surface area contributed by atoms with Gasteiger partial charge in [0, 0.05) is 54.0 Å². The fraction of sp³-hybridized carbons (Fsp3) is 0.100. The molecule has 1 aromatic carbocycles. The number of carbonyl (C=O) groups excluding carboxylic acids is 1. The lowest BCUT2D eigenvalue weighted by molar-refractivity contribution is 0.0992. The van der Waals surface area contributed by atoms with Crippen LogP contribution in [0.25, 0.3) is 21.9 Å². The molecular formula is C20H16N4O. The number of rotatable bonds is 4. The normalized spacial score (nSPS) is 10.9. The largest absolute Gasteiger partial charge is 0.294 e. The highest BCUT2D eigenvalue weighted by molar-refractivity contribution is 5.97. The van der Waals surface area contributed by atoms with Crippen LogP contribution in [0, 0.1) is 0 Å². The van der Waals surface area contributed by atoms with Gasteiger partial charge in [-0.05, 0) is 35.2 Å². The summed E-state index contributed by atoms with van der Waals surface area (Å²) in [6, 6.07) is 11.6. The molecule has 0 saturated heterocycles. The first-order valence-corrected chi connectivity index (χ1v) is 8.00. The molecule has 0 atom stereocenters. The highest BCUT2D eigenvalue weighted by atomic mass is 16.1. The maximum atomic E-state index is 12.4. The van der Waals surface area contributed by atoms with Gasteiger partial charge in [0.2, 0.25) is 0 Å². The molecule has 0 aliphatic carbocycles. The van der Waals surface area contributed by atoms with Crippen molar-refractivity contribution in [3.8, 4) is 11.1 Å². The molecule has 0 radical (unpaired) electrons. The Bertz CT molecular complexity index is 1050. The summed E-state index contributed by atoms with van der Waals surface area (Å²) in [6.45, 7) is 0. The predicted molar refractivity (Wildman–Crippen MR) is 96.2 cm³/mol. The minimum Gasteiger partial charge on any atom is -0.294 e. The van der Waals surface area contributed by atoms with Gasteiger partial charge in [0.05, 0.1) is 12.6 Å². The van der Waals surface area contributed by atoms with Crippen molar-refractivity contribution in [1.29, 1.82) is 0 Å². The molecule has 0 amide bonds. The molecule has 5 heteroatoms. The van der Waals surface area contributed by atoms with Crippen molar-refractivity contribution in [2.45, 2.75) is 6.42 Å². The lowest BCUT2D eigenvalue weighted by atomic mass is 10.0. The molecule has 25 heavy (non-hydrogen) atoms. The number of fused-ring (bicyclic) bond motifs is 1. The predicted octanol–water partition coefficient (Wildman–Crippen LogP) is 3.46. The van der Waals surface area contributed by atoms with Crippen molar-refractivity contribution in [1.82, 2.24) is 19.7 Å². The van der Waals surface area contributed by atoms with E-state index in [2.05, 4.69) is 27.2 Å². The fourth-order valence-corrected chi connectivity index (χ4v) is 2.84. The first-order valence-electron chi connectivity index (χ1n) is 8.00. The van der Waals surface area contributed by atoms with Crippen molar-refractivity contribution in [3.63, 3.8) is 0 Å². The Balaban J connectivity index is 1.66. The third-order valence-electron chi connectivity index (χ3n) is 4.16. The summed E-state index contributed by atoms with van der Waals surface area (Å²) in [7, 11) is 1.90. The minimum absolute atomic E-state index is 0.0395. The van der Waals surface area contributed by atoms with E-state index in [0.717, 1.165) is 27.6 Å². The zero-order chi connectivity index (χ0) is 17.2. The van der Waals surface area contributed by atoms with E-state index in [1.807, 2.05) is 37.8 Å². The highest BCUT2D eigenvalue weighted by Crippen LogP contribution is 2.24. The summed E-state index contributed by atoms with van der Waals surface area (Å²) in [5.74, 6) is 0.0395. The molecule has 5 nitrogen and oxygen atoms in total. The topological polar surface area (TPSA) is 60.7 Å². The molecule has 122 valence electrons. The molecule has 0 fully saturated rings. The first-order chi connectivity index (χ1) is 12.2. The third kappa shape index (κ3) is 3.17. The summed E-state index contributed by atoms with van der Waals surface area (Å²) >= 11 is 0. The summed E-state index contributed by atoms with van der Waals surface area (Å²) in [6.07, 6.45) is 9.17. The number of carbonyl (C=O) groups is 1. The summed E-state index contributed by atoms with van der Waals surface area (Å²) in [5.41, 5.74) is 3.58. The molecule has 0 spiro atoms. The van der Waals surface area contributed by atoms with Crippen molar-refractivity contribution in [2.24, 2.45) is 7.05 Å². The number of ketones is 1. The number of aromatic nitrogens is 4. The molecule has 3 heterocycles. The second-order valence-electron chi connectivity index (χ2n) is 5.98. The standard InChI is InChI=1S/C20H16N4O/c1-24-13-18(12-23-24)15-2-3-16-11-22-19(9-17(16)8-15)10-20(25)14-4-6-21-7-5-14/h2-9,11-13H,10H2,1H3. The van der Waals surface area contributed by atoms with E-state index in [1.54, 1.807) is 29.2 Å². The molecule has 0 saturated carbocycles. The van der Waals surface area contributed by atoms with Crippen molar-refractivity contribution in [2.75, 3.05) is 0 Å². The number of nitrogens with zero attached hydrogens (tertiary/aromatic N) is 4. The van der Waals surface area contributed by atoms with Crippen molar-refractivity contribution < 1.29 is 4.79 Å². The molecule has 0 N–H and O–H groups in total. The van der Waals surface area contributed by atoms with Gasteiger partial charge in [-0.1, -0.05) is 12.1 Å². The van der Waals surface area contributed by atoms with Gasteiger partial charge < -0.3 is 0 Å². The molecule has 4 aromatic rings. The van der Waals surface area contributed by atoms with Gasteiger partial charge in [0.15, 0.2) is 5.78 Å². The first kappa shape index (κ1) is 15.2. The van der Waals surface area contributed by atoms with Crippen LogP contribution in [-0.2, 0) is 13.5 Å². The maximum absolute atomic E-state index is 12.4. The fourth-order valence-electron chi connectivity index (χ4n) is 2.84. The lowest BCUT2D eigenvalue weighted by Gasteiger charge is -2.05. The van der Waals surface area contributed by atoms with Gasteiger partial charge >= 0.3 is 0 Å². The summed E-state index contributed by atoms with van der Waals surface area (Å²) in [5, 5.41) is 6.33. The second kappa shape index (κ2) is 6.28. The van der Waals surface area contributed by atoms with E-state index in [-0.39, 0.29) is 12.2 Å². The number of Topliss-reactive ketones (excluding diaryl/α,β-unsaturated/α-hetero) is 1. The van der Waals surface area contributed by atoms with Crippen LogP contribution in [0.15, 0.2) is 67.4 Å². The Morgan fingerprint density at radius 1 is 1.00 bits per heavy atom. The van der Waals surface area contributed by atoms with Crippen LogP contribution in [0.2, 0.25) is 0 Å². The van der Waals surface area contributed by atoms with Crippen LogP contribution < -0.4 is 0 Å². The van der Waals surface area contributed by atoms with Crippen LogP contribution in [0.5, 0.6) is 0 Å². The zero-order valence-electron chi connectivity index (χ0n) is 13.8. The monoisotopic (exact) mass is 328 g/mol. The SMILES string of the molecule is Cn1cc(-c2ccc3cnc(CC(=O)c4ccncc4)cc3c2)cn1. The molecule has 0 aliphatic heterocycles. The second-order valence-corrected chi connectivity index (χ2v) is 5.98. The van der Waals surface area contributed by atoms with Crippen LogP contribution in [0.1, 0.15) is 16.1 Å². The van der Waals surface area contributed by atoms with Gasteiger partial charge in [0.25, 0.3) is 0 Å². The van der Waals surface area contributed by atoms with Gasteiger partial charge in [-0.15, -0.1) is 0 Å². The average Bonchev–Trinajstić information content (AvgIpc) is 3.08. The Labute approximate surface area is 145 Å². The molecule has 0 bridgehead atoms. The maximum Gasteiger partial charge on any atom is 0.168 e. The number of hydrogen-bond acceptors (Lipinski definition) is 4. The van der Waals surface area contributed by atoms with Crippen LogP contribution in [0.4, 0.5) is 0 Å². The number of aryl methyl sites for hydroxylation is 1. The van der Waals surface area contributed by atoms with Crippen LogP contribution in [-0.4, -0.2) is 25.5 Å². The van der Waals surface area contributed by atoms with Crippen molar-refractivity contribution >= 4 is 16.6 Å². The van der Waals surface area contributed by atoms with E-state index in [1.165, 1.54) is 0 Å². The van der Waals surface area contributed by atoms with E-state index in [9.17, 15) is 4.79 Å². The van der Waals surface area contributed by atoms with Crippen LogP contribution >= 0.6 is 0 Å². The smallest absolute Gasteiger partial charge is 0.168 e. The molecule has 4 rings (SSSR count). The number of pyridine rings is 2. The Morgan fingerprint density at radius 3 is 2.60 bits per heavy atom. The highest BCUT2D eigenvalue weighted by Gasteiger charge is 2.09. The average molecular weight is 328 g/mol. The Hall–Kier alpha value is -3.34. The number of benzene rings is 1. The molecular weight excluding hydrogens is 312 g/mol. The van der Waals surface area contributed by atoms with E-state index >= 15 is 0 Å². The van der Waals surface area contributed by atoms with Gasteiger partial charge in [-0.3, -0.25) is 19.4 Å². The van der Waals surface area contributed by atoms with Gasteiger partial charge in [-0.25, -0.2) is 0 Å². The molecule has 3 aromatic heterocycles. The molecule has 0 unspecified atom stereocenters. The van der Waals surface area contributed by atoms with Crippen LogP contribution in [0.3, 0.4) is 0 Å². The van der Waals surface area contributed by atoms with Gasteiger partial charge in [-0.2, -0.15) is 5.10 Å². The summed E-state index contributed by atoms with van der Waals surface area (Å²) in [4.78, 5) is 20.7. The van der Waals surface area contributed by atoms with E-state index in [4.69, 9.17) is 0 Å². The Kier molecular flexibility index (Phi) is 3.82. The van der Waals surface area contributed by atoms with Crippen molar-refractivity contribution in [3.05, 3.63) is 78.6 Å². The van der Waals surface area contributed by atoms with Gasteiger partial charge in [0.1, 0.15) is 0 Å². The molecule has 0 aliphatic rings. The minimum atomic E-state index is 0.0395. The Morgan fingerprint density at radius 2 is 1.84 bits per heavy atom. The lowest BCUT2D eigenvalue weighted by Crippen LogP contribution is -2.05. The summed E-state index contributed by atoms with van der Waals surface area (Å²) < 4.78 is 1.78. The van der Waals surface area contributed by atoms with E-state index in [0.29, 0.717) is 5.56 Å². The zero-order valence-corrected chi connectivity index (χ0v) is 13.8. The van der Waals surface area contributed by atoms with E-state index < -0.39 is 0 Å².